The molecule has 6 heteroatoms. The minimum absolute atomic E-state index is 0.211. The minimum atomic E-state index is -2.77. The first-order chi connectivity index (χ1) is 6.99. The van der Waals surface area contributed by atoms with Crippen molar-refractivity contribution in [3.63, 3.8) is 0 Å². The van der Waals surface area contributed by atoms with E-state index < -0.39 is 18.4 Å². The van der Waals surface area contributed by atoms with E-state index in [1.165, 1.54) is 0 Å². The SMILES string of the molecule is CCOC(=O)C(C)CNCC(O)C(F)F. The van der Waals surface area contributed by atoms with Gasteiger partial charge in [-0.15, -0.1) is 0 Å². The monoisotopic (exact) mass is 225 g/mol. The predicted octanol–water partition coefficient (Wildman–Crippen LogP) is 0.401. The highest BCUT2D eigenvalue weighted by Crippen LogP contribution is 2.00. The molecule has 0 bridgehead atoms. The zero-order valence-electron chi connectivity index (χ0n) is 8.87. The van der Waals surface area contributed by atoms with Crippen LogP contribution in [0.4, 0.5) is 8.78 Å². The van der Waals surface area contributed by atoms with Crippen LogP contribution < -0.4 is 5.32 Å². The molecular formula is C9H17F2NO3. The summed E-state index contributed by atoms with van der Waals surface area (Å²) in [7, 11) is 0. The highest BCUT2D eigenvalue weighted by Gasteiger charge is 2.18. The quantitative estimate of drug-likeness (QED) is 0.616. The molecule has 0 aliphatic rings. The number of rotatable bonds is 7. The van der Waals surface area contributed by atoms with E-state index in [4.69, 9.17) is 9.84 Å². The lowest BCUT2D eigenvalue weighted by Gasteiger charge is -2.13. The molecule has 0 fully saturated rings. The average molecular weight is 225 g/mol. The predicted molar refractivity (Wildman–Crippen MR) is 50.7 cm³/mol. The Balaban J connectivity index is 3.63. The number of hydrogen-bond acceptors (Lipinski definition) is 4. The maximum Gasteiger partial charge on any atom is 0.309 e. The lowest BCUT2D eigenvalue weighted by atomic mass is 10.2. The molecule has 0 saturated heterocycles. The summed E-state index contributed by atoms with van der Waals surface area (Å²) < 4.78 is 28.4. The Morgan fingerprint density at radius 2 is 2.07 bits per heavy atom. The summed E-state index contributed by atoms with van der Waals surface area (Å²) in [5.74, 6) is -0.786. The standard InChI is InChI=1S/C9H17F2NO3/c1-3-15-9(14)6(2)4-12-5-7(13)8(10)11/h6-8,12-13H,3-5H2,1-2H3. The van der Waals surface area contributed by atoms with Crippen molar-refractivity contribution < 1.29 is 23.4 Å². The number of halogens is 2. The molecule has 15 heavy (non-hydrogen) atoms. The molecule has 0 amide bonds. The van der Waals surface area contributed by atoms with Crippen LogP contribution in [0.5, 0.6) is 0 Å². The minimum Gasteiger partial charge on any atom is -0.466 e. The van der Waals surface area contributed by atoms with Crippen LogP contribution in [-0.2, 0) is 9.53 Å². The van der Waals surface area contributed by atoms with Crippen LogP contribution >= 0.6 is 0 Å². The molecular weight excluding hydrogens is 208 g/mol. The molecule has 0 saturated carbocycles. The molecule has 0 aliphatic carbocycles. The summed E-state index contributed by atoms with van der Waals surface area (Å²) in [5.41, 5.74) is 0. The van der Waals surface area contributed by atoms with Crippen molar-refractivity contribution in [1.82, 2.24) is 5.32 Å². The van der Waals surface area contributed by atoms with E-state index in [-0.39, 0.29) is 19.1 Å². The number of esters is 1. The summed E-state index contributed by atoms with van der Waals surface area (Å²) in [6.07, 6.45) is -4.46. The normalized spacial score (nSPS) is 15.1. The van der Waals surface area contributed by atoms with Crippen LogP contribution in [0.2, 0.25) is 0 Å². The molecule has 0 rings (SSSR count). The van der Waals surface area contributed by atoms with E-state index in [9.17, 15) is 13.6 Å². The molecule has 0 aromatic heterocycles. The first-order valence-corrected chi connectivity index (χ1v) is 4.82. The summed E-state index contributed by atoms with van der Waals surface area (Å²) in [5, 5.41) is 11.3. The molecule has 0 radical (unpaired) electrons. The van der Waals surface area contributed by atoms with Crippen molar-refractivity contribution in [3.05, 3.63) is 0 Å². The van der Waals surface area contributed by atoms with Gasteiger partial charge in [-0.2, -0.15) is 0 Å². The highest BCUT2D eigenvalue weighted by molar-refractivity contribution is 5.72. The maximum atomic E-state index is 11.9. The van der Waals surface area contributed by atoms with E-state index in [1.807, 2.05) is 0 Å². The number of carbonyl (C=O) groups excluding carboxylic acids is 1. The zero-order chi connectivity index (χ0) is 11.8. The maximum absolute atomic E-state index is 11.9. The molecule has 2 unspecified atom stereocenters. The lowest BCUT2D eigenvalue weighted by Crippen LogP contribution is -2.36. The van der Waals surface area contributed by atoms with E-state index in [2.05, 4.69) is 5.32 Å². The van der Waals surface area contributed by atoms with Crippen molar-refractivity contribution >= 4 is 5.97 Å². The number of carbonyl (C=O) groups is 1. The van der Waals surface area contributed by atoms with Crippen molar-refractivity contribution in [2.24, 2.45) is 5.92 Å². The molecule has 0 heterocycles. The average Bonchev–Trinajstić information content (AvgIpc) is 2.17. The topological polar surface area (TPSA) is 58.6 Å². The molecule has 0 spiro atoms. The van der Waals surface area contributed by atoms with Crippen LogP contribution in [-0.4, -0.2) is 43.3 Å². The fourth-order valence-corrected chi connectivity index (χ4v) is 0.905. The van der Waals surface area contributed by atoms with E-state index in [1.54, 1.807) is 13.8 Å². The van der Waals surface area contributed by atoms with Crippen LogP contribution in [0.1, 0.15) is 13.8 Å². The first-order valence-electron chi connectivity index (χ1n) is 4.82. The summed E-state index contributed by atoms with van der Waals surface area (Å²) in [6, 6.07) is 0. The van der Waals surface area contributed by atoms with Gasteiger partial charge in [-0.25, -0.2) is 8.78 Å². The van der Waals surface area contributed by atoms with Gasteiger partial charge in [0.2, 0.25) is 0 Å². The van der Waals surface area contributed by atoms with Gasteiger partial charge in [0.15, 0.2) is 0 Å². The van der Waals surface area contributed by atoms with E-state index in [0.29, 0.717) is 6.61 Å². The number of nitrogens with one attached hydrogen (secondary N) is 1. The molecule has 0 aromatic carbocycles. The van der Waals surface area contributed by atoms with Gasteiger partial charge in [-0.05, 0) is 6.92 Å². The Hall–Kier alpha value is -0.750. The van der Waals surface area contributed by atoms with Gasteiger partial charge in [0.1, 0.15) is 6.10 Å². The highest BCUT2D eigenvalue weighted by atomic mass is 19.3. The second kappa shape index (κ2) is 7.53. The summed E-state index contributed by atoms with van der Waals surface area (Å²) in [6.45, 7) is 3.59. The van der Waals surface area contributed by atoms with Crippen LogP contribution in [0.15, 0.2) is 0 Å². The Bertz CT molecular complexity index is 190. The number of hydrogen-bond donors (Lipinski definition) is 2. The van der Waals surface area contributed by atoms with Gasteiger partial charge in [0.05, 0.1) is 12.5 Å². The fourth-order valence-electron chi connectivity index (χ4n) is 0.905. The third-order valence-electron chi connectivity index (χ3n) is 1.78. The third-order valence-corrected chi connectivity index (χ3v) is 1.78. The molecule has 0 aliphatic heterocycles. The number of alkyl halides is 2. The van der Waals surface area contributed by atoms with E-state index in [0.717, 1.165) is 0 Å². The van der Waals surface area contributed by atoms with Crippen molar-refractivity contribution in [2.75, 3.05) is 19.7 Å². The van der Waals surface area contributed by atoms with Crippen LogP contribution in [0, 0.1) is 5.92 Å². The summed E-state index contributed by atoms with van der Waals surface area (Å²) in [4.78, 5) is 11.1. The van der Waals surface area contributed by atoms with Gasteiger partial charge in [0, 0.05) is 13.1 Å². The van der Waals surface area contributed by atoms with Gasteiger partial charge >= 0.3 is 5.97 Å². The Morgan fingerprint density at radius 3 is 2.53 bits per heavy atom. The van der Waals surface area contributed by atoms with E-state index >= 15 is 0 Å². The molecule has 0 aromatic rings. The van der Waals surface area contributed by atoms with Crippen molar-refractivity contribution in [1.29, 1.82) is 0 Å². The zero-order valence-corrected chi connectivity index (χ0v) is 8.87. The summed E-state index contributed by atoms with van der Waals surface area (Å²) >= 11 is 0. The largest absolute Gasteiger partial charge is 0.466 e. The third kappa shape index (κ3) is 6.35. The number of aliphatic hydroxyl groups excluding tert-OH is 1. The first kappa shape index (κ1) is 14.2. The molecule has 4 nitrogen and oxygen atoms in total. The molecule has 2 N–H and O–H groups in total. The fraction of sp³-hybridized carbons (Fsp3) is 0.889. The Morgan fingerprint density at radius 1 is 1.47 bits per heavy atom. The van der Waals surface area contributed by atoms with Crippen molar-refractivity contribution in [3.8, 4) is 0 Å². The van der Waals surface area contributed by atoms with Crippen LogP contribution in [0.3, 0.4) is 0 Å². The Kier molecular flexibility index (Phi) is 7.15. The lowest BCUT2D eigenvalue weighted by molar-refractivity contribution is -0.147. The number of aliphatic hydroxyl groups is 1. The second-order valence-electron chi connectivity index (χ2n) is 3.21. The molecule has 2 atom stereocenters. The van der Waals surface area contributed by atoms with Gasteiger partial charge in [0.25, 0.3) is 6.43 Å². The second-order valence-corrected chi connectivity index (χ2v) is 3.21. The Labute approximate surface area is 87.6 Å². The van der Waals surface area contributed by atoms with Crippen LogP contribution in [0.25, 0.3) is 0 Å². The molecule has 90 valence electrons. The number of ether oxygens (including phenoxy) is 1. The van der Waals surface area contributed by atoms with Gasteiger partial charge in [-0.1, -0.05) is 6.92 Å². The van der Waals surface area contributed by atoms with Crippen molar-refractivity contribution in [2.45, 2.75) is 26.4 Å². The van der Waals surface area contributed by atoms with Gasteiger partial charge in [-0.3, -0.25) is 4.79 Å². The smallest absolute Gasteiger partial charge is 0.309 e. The van der Waals surface area contributed by atoms with Gasteiger partial charge < -0.3 is 15.2 Å².